The molecule has 0 saturated heterocycles. The number of aliphatic imine (C=N–C) groups is 1. The first-order valence-corrected chi connectivity index (χ1v) is 4.89. The zero-order valence-corrected chi connectivity index (χ0v) is 9.39. The lowest BCUT2D eigenvalue weighted by Gasteiger charge is -1.91. The minimum atomic E-state index is 0.826. The van der Waals surface area contributed by atoms with Crippen molar-refractivity contribution in [1.29, 1.82) is 0 Å². The highest BCUT2D eigenvalue weighted by molar-refractivity contribution is 5.56. The van der Waals surface area contributed by atoms with Crippen LogP contribution in [0.5, 0.6) is 0 Å². The summed E-state index contributed by atoms with van der Waals surface area (Å²) in [6.07, 6.45) is 5.51. The van der Waals surface area contributed by atoms with Gasteiger partial charge < -0.3 is 5.32 Å². The molecule has 1 aliphatic heterocycles. The monoisotopic (exact) mass is 172 g/mol. The first-order chi connectivity index (χ1) is 6.00. The maximum absolute atomic E-state index is 3.85. The van der Waals surface area contributed by atoms with Crippen LogP contribution in [0, 0.1) is 0 Å². The van der Waals surface area contributed by atoms with Crippen molar-refractivity contribution in [3.05, 3.63) is 12.3 Å². The fourth-order valence-corrected chi connectivity index (χ4v) is 0.330. The highest BCUT2D eigenvalue weighted by Gasteiger charge is 1.73. The van der Waals surface area contributed by atoms with Gasteiger partial charge in [-0.15, -0.1) is 0 Å². The Labute approximate surface area is 77.8 Å². The Hall–Kier alpha value is -0.790. The molecule has 0 spiro atoms. The van der Waals surface area contributed by atoms with E-state index in [1.807, 2.05) is 53.8 Å². The van der Waals surface area contributed by atoms with Crippen molar-refractivity contribution in [2.75, 3.05) is 6.54 Å². The number of hydrogen-bond donors (Lipinski definition) is 1. The molecule has 74 valence electrons. The molecule has 0 aromatic heterocycles. The molecule has 0 aliphatic carbocycles. The summed E-state index contributed by atoms with van der Waals surface area (Å²) >= 11 is 0. The third-order valence-corrected chi connectivity index (χ3v) is 0.591. The van der Waals surface area contributed by atoms with E-state index in [2.05, 4.69) is 10.3 Å². The summed E-state index contributed by atoms with van der Waals surface area (Å²) in [6.45, 7) is 12.8. The van der Waals surface area contributed by atoms with Crippen molar-refractivity contribution >= 4 is 6.34 Å². The Morgan fingerprint density at radius 2 is 1.50 bits per heavy atom. The Balaban J connectivity index is -0.000000117. The van der Waals surface area contributed by atoms with Gasteiger partial charge in [0, 0.05) is 0 Å². The first-order valence-electron chi connectivity index (χ1n) is 4.89. The van der Waals surface area contributed by atoms with Crippen molar-refractivity contribution in [2.45, 2.75) is 41.5 Å². The van der Waals surface area contributed by atoms with E-state index in [1.165, 1.54) is 0 Å². The van der Waals surface area contributed by atoms with Crippen molar-refractivity contribution in [3.63, 3.8) is 0 Å². The van der Waals surface area contributed by atoms with Crippen LogP contribution in [0.3, 0.4) is 0 Å². The fourth-order valence-electron chi connectivity index (χ4n) is 0.330. The molecule has 0 atom stereocenters. The van der Waals surface area contributed by atoms with E-state index in [9.17, 15) is 0 Å². The molecule has 1 rings (SSSR count). The molecular weight excluding hydrogens is 148 g/mol. The van der Waals surface area contributed by atoms with E-state index in [-0.39, 0.29) is 0 Å². The quantitative estimate of drug-likeness (QED) is 0.596. The lowest BCUT2D eigenvalue weighted by molar-refractivity contribution is 1.14. The van der Waals surface area contributed by atoms with Gasteiger partial charge in [0.25, 0.3) is 0 Å². The van der Waals surface area contributed by atoms with Gasteiger partial charge in [0.1, 0.15) is 0 Å². The fraction of sp³-hybridized carbons (Fsp3) is 0.700. The molecule has 0 unspecified atom stereocenters. The maximum Gasteiger partial charge on any atom is 0.0867 e. The highest BCUT2D eigenvalue weighted by atomic mass is 14.9. The molecule has 0 aromatic carbocycles. The molecule has 2 heteroatoms. The molecule has 0 saturated carbocycles. The minimum absolute atomic E-state index is 0.826. The van der Waals surface area contributed by atoms with Crippen LogP contribution < -0.4 is 5.32 Å². The summed E-state index contributed by atoms with van der Waals surface area (Å²) in [4.78, 5) is 3.85. The lowest BCUT2D eigenvalue weighted by atomic mass is 10.6. The van der Waals surface area contributed by atoms with Crippen molar-refractivity contribution < 1.29 is 0 Å². The number of nitrogens with zero attached hydrogens (tertiary/aromatic N) is 1. The largest absolute Gasteiger partial charge is 0.353 e. The molecule has 1 N–H and O–H groups in total. The molecule has 0 fully saturated rings. The predicted octanol–water partition coefficient (Wildman–Crippen LogP) is 3.21. The Kier molecular flexibility index (Phi) is 46.1. The van der Waals surface area contributed by atoms with E-state index in [4.69, 9.17) is 0 Å². The molecule has 0 aromatic rings. The number of nitrogens with one attached hydrogen (secondary N) is 1. The molecular formula is C10H24N2. The van der Waals surface area contributed by atoms with Crippen molar-refractivity contribution in [1.82, 2.24) is 5.32 Å². The molecule has 1 heterocycles. The second kappa shape index (κ2) is 31.9. The van der Waals surface area contributed by atoms with E-state index >= 15 is 0 Å². The number of hydrogen-bond acceptors (Lipinski definition) is 2. The van der Waals surface area contributed by atoms with Gasteiger partial charge in [-0.1, -0.05) is 41.5 Å². The molecule has 0 radical (unpaired) electrons. The molecule has 0 bridgehead atoms. The Morgan fingerprint density at radius 3 is 1.58 bits per heavy atom. The van der Waals surface area contributed by atoms with Gasteiger partial charge in [0.2, 0.25) is 0 Å². The normalized spacial score (nSPS) is 10.2. The van der Waals surface area contributed by atoms with Gasteiger partial charge in [0.05, 0.1) is 12.9 Å². The van der Waals surface area contributed by atoms with Crippen LogP contribution in [0.25, 0.3) is 0 Å². The Morgan fingerprint density at radius 1 is 1.00 bits per heavy atom. The zero-order chi connectivity index (χ0) is 10.2. The van der Waals surface area contributed by atoms with Crippen LogP contribution in [0.15, 0.2) is 17.3 Å². The van der Waals surface area contributed by atoms with Crippen LogP contribution in [-0.2, 0) is 0 Å². The standard InChI is InChI=1S/C4H6N2.3C2H6/c1-2-5-4-6-3-1;3*1-2/h1-2,4H,3H2,(H,5,6);3*1-2H3. The zero-order valence-electron chi connectivity index (χ0n) is 9.39. The summed E-state index contributed by atoms with van der Waals surface area (Å²) in [5.74, 6) is 0. The predicted molar refractivity (Wildman–Crippen MR) is 59.7 cm³/mol. The second-order valence-corrected chi connectivity index (χ2v) is 1.06. The van der Waals surface area contributed by atoms with Crippen LogP contribution in [0.2, 0.25) is 0 Å². The second-order valence-electron chi connectivity index (χ2n) is 1.06. The average molecular weight is 172 g/mol. The van der Waals surface area contributed by atoms with E-state index in [1.54, 1.807) is 6.34 Å². The number of rotatable bonds is 0. The van der Waals surface area contributed by atoms with E-state index in [0.717, 1.165) is 6.54 Å². The lowest BCUT2D eigenvalue weighted by Crippen LogP contribution is -2.04. The molecule has 12 heavy (non-hydrogen) atoms. The maximum atomic E-state index is 3.85. The van der Waals surface area contributed by atoms with Gasteiger partial charge in [-0.2, -0.15) is 0 Å². The summed E-state index contributed by atoms with van der Waals surface area (Å²) in [7, 11) is 0. The van der Waals surface area contributed by atoms with Gasteiger partial charge in [-0.05, 0) is 12.3 Å². The summed E-state index contributed by atoms with van der Waals surface area (Å²) in [5, 5.41) is 2.81. The minimum Gasteiger partial charge on any atom is -0.353 e. The summed E-state index contributed by atoms with van der Waals surface area (Å²) in [5.41, 5.74) is 0. The molecule has 0 amide bonds. The SMILES string of the molecule is C1=CNC=NC1.CC.CC.CC. The van der Waals surface area contributed by atoms with Gasteiger partial charge in [-0.3, -0.25) is 4.99 Å². The van der Waals surface area contributed by atoms with Crippen molar-refractivity contribution in [3.8, 4) is 0 Å². The van der Waals surface area contributed by atoms with E-state index < -0.39 is 0 Å². The van der Waals surface area contributed by atoms with Gasteiger partial charge in [0.15, 0.2) is 0 Å². The smallest absolute Gasteiger partial charge is 0.0867 e. The van der Waals surface area contributed by atoms with Crippen molar-refractivity contribution in [2.24, 2.45) is 4.99 Å². The molecule has 1 aliphatic rings. The van der Waals surface area contributed by atoms with Crippen LogP contribution in [0.4, 0.5) is 0 Å². The summed E-state index contributed by atoms with van der Waals surface area (Å²) in [6, 6.07) is 0. The highest BCUT2D eigenvalue weighted by Crippen LogP contribution is 1.73. The molecule has 2 nitrogen and oxygen atoms in total. The Bertz CT molecular complexity index is 65.8. The summed E-state index contributed by atoms with van der Waals surface area (Å²) < 4.78 is 0. The topological polar surface area (TPSA) is 24.4 Å². The third kappa shape index (κ3) is 22.9. The first kappa shape index (κ1) is 17.3. The van der Waals surface area contributed by atoms with Crippen LogP contribution in [-0.4, -0.2) is 12.9 Å². The van der Waals surface area contributed by atoms with Gasteiger partial charge in [-0.25, -0.2) is 0 Å². The third-order valence-electron chi connectivity index (χ3n) is 0.591. The van der Waals surface area contributed by atoms with Crippen LogP contribution >= 0.6 is 0 Å². The van der Waals surface area contributed by atoms with Crippen LogP contribution in [0.1, 0.15) is 41.5 Å². The van der Waals surface area contributed by atoms with E-state index in [0.29, 0.717) is 0 Å². The average Bonchev–Trinajstić information content (AvgIpc) is 2.29. The van der Waals surface area contributed by atoms with Gasteiger partial charge >= 0.3 is 0 Å².